The molecule has 24 heavy (non-hydrogen) atoms. The smallest absolute Gasteiger partial charge is 0.491 e. The SMILES string of the molecule is CC(C)Oc1ccccc1[C@@H]1OC(=O)O[C@H]1C(=O)c1ccccc1. The van der Waals surface area contributed by atoms with E-state index in [1.165, 1.54) is 0 Å². The Kier molecular flexibility index (Phi) is 4.51. The van der Waals surface area contributed by atoms with E-state index in [-0.39, 0.29) is 11.9 Å². The largest absolute Gasteiger partial charge is 0.509 e. The molecule has 0 spiro atoms. The van der Waals surface area contributed by atoms with Gasteiger partial charge in [0.15, 0.2) is 6.10 Å². The molecule has 0 aromatic heterocycles. The van der Waals surface area contributed by atoms with Crippen LogP contribution in [0, 0.1) is 0 Å². The van der Waals surface area contributed by atoms with Crippen molar-refractivity contribution in [3.63, 3.8) is 0 Å². The number of Topliss-reactive ketones (excluding diaryl/α,β-unsaturated/α-hetero) is 1. The van der Waals surface area contributed by atoms with E-state index in [0.29, 0.717) is 16.9 Å². The summed E-state index contributed by atoms with van der Waals surface area (Å²) in [5.74, 6) is 0.271. The van der Waals surface area contributed by atoms with Gasteiger partial charge >= 0.3 is 6.16 Å². The molecule has 5 nitrogen and oxygen atoms in total. The van der Waals surface area contributed by atoms with E-state index in [0.717, 1.165) is 0 Å². The van der Waals surface area contributed by atoms with Gasteiger partial charge in [-0.05, 0) is 19.9 Å². The van der Waals surface area contributed by atoms with Crippen LogP contribution < -0.4 is 4.74 Å². The Bertz CT molecular complexity index is 738. The van der Waals surface area contributed by atoms with Crippen molar-refractivity contribution in [1.82, 2.24) is 0 Å². The van der Waals surface area contributed by atoms with Gasteiger partial charge in [0.1, 0.15) is 5.75 Å². The first-order chi connectivity index (χ1) is 11.6. The molecule has 0 N–H and O–H groups in total. The molecule has 2 aromatic carbocycles. The minimum Gasteiger partial charge on any atom is -0.491 e. The zero-order chi connectivity index (χ0) is 17.1. The maximum Gasteiger partial charge on any atom is 0.509 e. The third-order valence-electron chi connectivity index (χ3n) is 3.63. The predicted octanol–water partition coefficient (Wildman–Crippen LogP) is 3.93. The first kappa shape index (κ1) is 16.1. The molecule has 0 aliphatic carbocycles. The Hall–Kier alpha value is -2.82. The van der Waals surface area contributed by atoms with E-state index in [1.54, 1.807) is 42.5 Å². The van der Waals surface area contributed by atoms with E-state index in [1.807, 2.05) is 26.0 Å². The molecule has 3 rings (SSSR count). The van der Waals surface area contributed by atoms with E-state index >= 15 is 0 Å². The highest BCUT2D eigenvalue weighted by Gasteiger charge is 2.44. The number of rotatable bonds is 5. The highest BCUT2D eigenvalue weighted by molar-refractivity contribution is 6.01. The van der Waals surface area contributed by atoms with Gasteiger partial charge in [-0.2, -0.15) is 0 Å². The monoisotopic (exact) mass is 326 g/mol. The normalized spacial score (nSPS) is 19.7. The van der Waals surface area contributed by atoms with Crippen molar-refractivity contribution in [2.45, 2.75) is 32.2 Å². The summed E-state index contributed by atoms with van der Waals surface area (Å²) in [5.41, 5.74) is 1.08. The van der Waals surface area contributed by atoms with Gasteiger partial charge in [0.25, 0.3) is 0 Å². The fraction of sp³-hybridized carbons (Fsp3) is 0.263. The zero-order valence-corrected chi connectivity index (χ0v) is 13.5. The van der Waals surface area contributed by atoms with Crippen LogP contribution >= 0.6 is 0 Å². The molecule has 1 saturated heterocycles. The number of ether oxygens (including phenoxy) is 3. The molecule has 0 unspecified atom stereocenters. The predicted molar refractivity (Wildman–Crippen MR) is 87.1 cm³/mol. The summed E-state index contributed by atoms with van der Waals surface area (Å²) >= 11 is 0. The Balaban J connectivity index is 1.94. The Labute approximate surface area is 140 Å². The topological polar surface area (TPSA) is 61.8 Å². The summed E-state index contributed by atoms with van der Waals surface area (Å²) in [7, 11) is 0. The molecule has 0 bridgehead atoms. The number of ketones is 1. The van der Waals surface area contributed by atoms with Gasteiger partial charge in [-0.15, -0.1) is 0 Å². The van der Waals surface area contributed by atoms with Crippen LogP contribution in [0.25, 0.3) is 0 Å². The average molecular weight is 326 g/mol. The first-order valence-electron chi connectivity index (χ1n) is 7.78. The van der Waals surface area contributed by atoms with Crippen LogP contribution in [0.1, 0.15) is 35.9 Å². The second-order valence-electron chi connectivity index (χ2n) is 5.76. The molecule has 0 radical (unpaired) electrons. The molecule has 1 aliphatic rings. The second-order valence-corrected chi connectivity index (χ2v) is 5.76. The Morgan fingerprint density at radius 1 is 1.00 bits per heavy atom. The van der Waals surface area contributed by atoms with Crippen LogP contribution in [0.15, 0.2) is 54.6 Å². The third kappa shape index (κ3) is 3.25. The van der Waals surface area contributed by atoms with Gasteiger partial charge in [-0.25, -0.2) is 4.79 Å². The van der Waals surface area contributed by atoms with Crippen molar-refractivity contribution >= 4 is 11.9 Å². The molecule has 1 heterocycles. The highest BCUT2D eigenvalue weighted by Crippen LogP contribution is 2.37. The van der Waals surface area contributed by atoms with Crippen molar-refractivity contribution in [2.75, 3.05) is 0 Å². The summed E-state index contributed by atoms with van der Waals surface area (Å²) in [6, 6.07) is 15.9. The van der Waals surface area contributed by atoms with Crippen LogP contribution in [0.5, 0.6) is 5.75 Å². The minimum atomic E-state index is -1.03. The van der Waals surface area contributed by atoms with Crippen molar-refractivity contribution in [2.24, 2.45) is 0 Å². The number of carbonyl (C=O) groups is 2. The lowest BCUT2D eigenvalue weighted by molar-refractivity contribution is 0.0712. The van der Waals surface area contributed by atoms with E-state index in [9.17, 15) is 9.59 Å². The quantitative estimate of drug-likeness (QED) is 0.615. The lowest BCUT2D eigenvalue weighted by atomic mass is 9.96. The van der Waals surface area contributed by atoms with Crippen LogP contribution in [0.4, 0.5) is 4.79 Å². The van der Waals surface area contributed by atoms with Gasteiger partial charge in [-0.1, -0.05) is 48.5 Å². The van der Waals surface area contributed by atoms with Gasteiger partial charge < -0.3 is 14.2 Å². The Morgan fingerprint density at radius 2 is 1.67 bits per heavy atom. The molecular weight excluding hydrogens is 308 g/mol. The third-order valence-corrected chi connectivity index (χ3v) is 3.63. The van der Waals surface area contributed by atoms with Crippen molar-refractivity contribution in [3.8, 4) is 5.75 Å². The van der Waals surface area contributed by atoms with Crippen LogP contribution in [-0.4, -0.2) is 24.1 Å². The summed E-state index contributed by atoms with van der Waals surface area (Å²) < 4.78 is 16.2. The number of hydrogen-bond donors (Lipinski definition) is 0. The minimum absolute atomic E-state index is 0.0487. The van der Waals surface area contributed by atoms with Crippen molar-refractivity contribution in [3.05, 3.63) is 65.7 Å². The lowest BCUT2D eigenvalue weighted by Crippen LogP contribution is -2.26. The number of cyclic esters (lactones) is 2. The van der Waals surface area contributed by atoms with Gasteiger partial charge in [0.2, 0.25) is 11.9 Å². The maximum atomic E-state index is 12.7. The van der Waals surface area contributed by atoms with Crippen LogP contribution in [0.3, 0.4) is 0 Å². The summed E-state index contributed by atoms with van der Waals surface area (Å²) in [6.07, 6.45) is -2.77. The summed E-state index contributed by atoms with van der Waals surface area (Å²) in [6.45, 7) is 3.81. The average Bonchev–Trinajstić information content (AvgIpc) is 2.96. The molecule has 2 atom stereocenters. The summed E-state index contributed by atoms with van der Waals surface area (Å²) in [4.78, 5) is 24.4. The van der Waals surface area contributed by atoms with Crippen LogP contribution in [0.2, 0.25) is 0 Å². The van der Waals surface area contributed by atoms with Gasteiger partial charge in [0.05, 0.1) is 6.10 Å². The molecule has 2 aromatic rings. The fourth-order valence-electron chi connectivity index (χ4n) is 2.62. The molecule has 1 fully saturated rings. The van der Waals surface area contributed by atoms with Crippen molar-refractivity contribution in [1.29, 1.82) is 0 Å². The first-order valence-corrected chi connectivity index (χ1v) is 7.78. The highest BCUT2D eigenvalue weighted by atomic mass is 16.8. The van der Waals surface area contributed by atoms with E-state index in [4.69, 9.17) is 14.2 Å². The molecule has 5 heteroatoms. The summed E-state index contributed by atoms with van der Waals surface area (Å²) in [5, 5.41) is 0. The zero-order valence-electron chi connectivity index (χ0n) is 13.5. The van der Waals surface area contributed by atoms with Gasteiger partial charge in [0, 0.05) is 11.1 Å². The fourth-order valence-corrected chi connectivity index (χ4v) is 2.62. The van der Waals surface area contributed by atoms with E-state index < -0.39 is 18.4 Å². The van der Waals surface area contributed by atoms with E-state index in [2.05, 4.69) is 0 Å². The molecule has 0 amide bonds. The molecule has 1 aliphatic heterocycles. The van der Waals surface area contributed by atoms with Crippen LogP contribution in [-0.2, 0) is 9.47 Å². The number of carbonyl (C=O) groups excluding carboxylic acids is 2. The number of para-hydroxylation sites is 1. The van der Waals surface area contributed by atoms with Crippen molar-refractivity contribution < 1.29 is 23.8 Å². The second kappa shape index (κ2) is 6.74. The molecule has 124 valence electrons. The Morgan fingerprint density at radius 3 is 2.38 bits per heavy atom. The molecule has 0 saturated carbocycles. The lowest BCUT2D eigenvalue weighted by Gasteiger charge is -2.19. The van der Waals surface area contributed by atoms with Gasteiger partial charge in [-0.3, -0.25) is 4.79 Å². The number of hydrogen-bond acceptors (Lipinski definition) is 5. The molecular formula is C19H18O5. The maximum absolute atomic E-state index is 12.7. The number of benzene rings is 2. The standard InChI is InChI=1S/C19H18O5/c1-12(2)22-15-11-7-6-10-14(15)17-18(24-19(21)23-17)16(20)13-8-4-3-5-9-13/h3-12,17-18H,1-2H3/t17-,18-/m0/s1.